The van der Waals surface area contributed by atoms with Gasteiger partial charge in [0.15, 0.2) is 0 Å². The molecule has 1 N–H and O–H groups in total. The molecule has 1 amide bonds. The van der Waals surface area contributed by atoms with Gasteiger partial charge >= 0.3 is 0 Å². The normalized spacial score (nSPS) is 19.6. The van der Waals surface area contributed by atoms with Gasteiger partial charge in [0.1, 0.15) is 5.66 Å². The lowest BCUT2D eigenvalue weighted by atomic mass is 9.99. The Morgan fingerprint density at radius 3 is 2.33 bits per heavy atom. The number of piperazine rings is 1. The molecule has 0 spiro atoms. The molecule has 0 radical (unpaired) electrons. The Bertz CT molecular complexity index is 857. The Morgan fingerprint density at radius 2 is 1.67 bits per heavy atom. The Morgan fingerprint density at radius 1 is 1.00 bits per heavy atom. The number of nitrogens with zero attached hydrogens (tertiary/aromatic N) is 3. The average molecular weight is 385 g/mol. The summed E-state index contributed by atoms with van der Waals surface area (Å²) in [4.78, 5) is 19.9. The Balaban J connectivity index is 1.74. The molecule has 2 aromatic rings. The second-order valence-electron chi connectivity index (χ2n) is 7.79. The summed E-state index contributed by atoms with van der Waals surface area (Å²) in [7, 11) is 2.15. The van der Waals surface area contributed by atoms with Crippen molar-refractivity contribution >= 4 is 34.6 Å². The van der Waals surface area contributed by atoms with Crippen molar-refractivity contribution in [3.8, 4) is 0 Å². The highest BCUT2D eigenvalue weighted by Crippen LogP contribution is 2.40. The number of anilines is 3. The first-order chi connectivity index (χ1) is 12.9. The second kappa shape index (κ2) is 6.73. The van der Waals surface area contributed by atoms with Crippen molar-refractivity contribution in [3.05, 3.63) is 53.1 Å². The fraction of sp³-hybridized carbons (Fsp3) is 0.381. The van der Waals surface area contributed by atoms with Crippen molar-refractivity contribution in [2.75, 3.05) is 48.3 Å². The van der Waals surface area contributed by atoms with E-state index in [2.05, 4.69) is 28.2 Å². The first-order valence-corrected chi connectivity index (χ1v) is 9.69. The van der Waals surface area contributed by atoms with Gasteiger partial charge in [0.25, 0.3) is 5.91 Å². The number of carbonyl (C=O) groups excluding carboxylic acids is 1. The number of benzene rings is 2. The molecule has 0 saturated carbocycles. The van der Waals surface area contributed by atoms with E-state index >= 15 is 0 Å². The molecular weight excluding hydrogens is 360 g/mol. The summed E-state index contributed by atoms with van der Waals surface area (Å²) in [6.07, 6.45) is 0. The quantitative estimate of drug-likeness (QED) is 0.852. The van der Waals surface area contributed by atoms with Crippen LogP contribution >= 0.6 is 11.6 Å². The van der Waals surface area contributed by atoms with Gasteiger partial charge in [-0.25, -0.2) is 0 Å². The molecule has 1 fully saturated rings. The molecule has 2 aliphatic rings. The number of amides is 1. The zero-order valence-corrected chi connectivity index (χ0v) is 16.8. The topological polar surface area (TPSA) is 38.8 Å². The van der Waals surface area contributed by atoms with Gasteiger partial charge in [-0.2, -0.15) is 0 Å². The van der Waals surface area contributed by atoms with Crippen molar-refractivity contribution in [2.45, 2.75) is 19.5 Å². The van der Waals surface area contributed by atoms with Gasteiger partial charge in [-0.1, -0.05) is 17.7 Å². The van der Waals surface area contributed by atoms with Gasteiger partial charge in [0.2, 0.25) is 0 Å². The van der Waals surface area contributed by atoms with Crippen LogP contribution in [-0.4, -0.2) is 49.7 Å². The predicted octanol–water partition coefficient (Wildman–Crippen LogP) is 3.90. The summed E-state index contributed by atoms with van der Waals surface area (Å²) in [5, 5.41) is 4.28. The van der Waals surface area contributed by atoms with E-state index < -0.39 is 5.66 Å². The average Bonchev–Trinajstić information content (AvgIpc) is 2.63. The Labute approximate surface area is 165 Å². The van der Waals surface area contributed by atoms with Crippen LogP contribution in [0.4, 0.5) is 17.1 Å². The van der Waals surface area contributed by atoms with Crippen LogP contribution in [0.15, 0.2) is 42.5 Å². The van der Waals surface area contributed by atoms with E-state index in [4.69, 9.17) is 11.6 Å². The number of fused-ring (bicyclic) bond motifs is 1. The molecule has 4 rings (SSSR count). The lowest BCUT2D eigenvalue weighted by Crippen LogP contribution is -2.57. The molecule has 6 heteroatoms. The maximum absolute atomic E-state index is 13.4. The van der Waals surface area contributed by atoms with Gasteiger partial charge in [0.05, 0.1) is 16.9 Å². The molecule has 2 heterocycles. The molecule has 0 aromatic heterocycles. The van der Waals surface area contributed by atoms with E-state index in [0.717, 1.165) is 43.2 Å². The molecule has 0 aliphatic carbocycles. The summed E-state index contributed by atoms with van der Waals surface area (Å²) in [6, 6.07) is 13.4. The van der Waals surface area contributed by atoms with Crippen LogP contribution < -0.4 is 15.1 Å². The highest BCUT2D eigenvalue weighted by atomic mass is 35.5. The maximum Gasteiger partial charge on any atom is 0.262 e. The van der Waals surface area contributed by atoms with Crippen LogP contribution in [0.3, 0.4) is 0 Å². The summed E-state index contributed by atoms with van der Waals surface area (Å²) < 4.78 is 0. The molecule has 0 bridgehead atoms. The number of rotatable bonds is 2. The van der Waals surface area contributed by atoms with Crippen molar-refractivity contribution in [1.29, 1.82) is 0 Å². The molecule has 1 saturated heterocycles. The van der Waals surface area contributed by atoms with Crippen LogP contribution in [0.1, 0.15) is 24.2 Å². The highest BCUT2D eigenvalue weighted by molar-refractivity contribution is 6.30. The molecule has 2 aromatic carbocycles. The molecule has 5 nitrogen and oxygen atoms in total. The first kappa shape index (κ1) is 18.1. The molecule has 2 aliphatic heterocycles. The predicted molar refractivity (Wildman–Crippen MR) is 112 cm³/mol. The number of carbonyl (C=O) groups is 1. The fourth-order valence-corrected chi connectivity index (χ4v) is 4.05. The van der Waals surface area contributed by atoms with Crippen LogP contribution in [0.2, 0.25) is 5.02 Å². The Kier molecular flexibility index (Phi) is 4.52. The van der Waals surface area contributed by atoms with Crippen molar-refractivity contribution < 1.29 is 4.79 Å². The van der Waals surface area contributed by atoms with Crippen molar-refractivity contribution in [1.82, 2.24) is 4.90 Å². The highest BCUT2D eigenvalue weighted by Gasteiger charge is 2.40. The summed E-state index contributed by atoms with van der Waals surface area (Å²) >= 11 is 6.03. The van der Waals surface area contributed by atoms with E-state index in [0.29, 0.717) is 10.6 Å². The largest absolute Gasteiger partial charge is 0.367 e. The molecular formula is C21H25ClN4O. The number of likely N-dealkylation sites (N-methyl/N-ethyl adjacent to an activating group) is 1. The summed E-state index contributed by atoms with van der Waals surface area (Å²) in [5.41, 5.74) is 3.03. The van der Waals surface area contributed by atoms with E-state index in [9.17, 15) is 4.79 Å². The zero-order valence-electron chi connectivity index (χ0n) is 16.0. The first-order valence-electron chi connectivity index (χ1n) is 9.32. The van der Waals surface area contributed by atoms with Crippen LogP contribution in [-0.2, 0) is 0 Å². The van der Waals surface area contributed by atoms with Gasteiger partial charge < -0.3 is 15.1 Å². The van der Waals surface area contributed by atoms with E-state index in [-0.39, 0.29) is 5.91 Å². The van der Waals surface area contributed by atoms with Crippen molar-refractivity contribution in [3.63, 3.8) is 0 Å². The number of para-hydroxylation sites is 1. The van der Waals surface area contributed by atoms with Gasteiger partial charge in [-0.05, 0) is 57.3 Å². The van der Waals surface area contributed by atoms with Gasteiger partial charge in [-0.3, -0.25) is 9.69 Å². The minimum absolute atomic E-state index is 0.00653. The number of hydrogen-bond acceptors (Lipinski definition) is 4. The number of hydrogen-bond donors (Lipinski definition) is 1. The van der Waals surface area contributed by atoms with E-state index in [1.54, 1.807) is 4.90 Å². The summed E-state index contributed by atoms with van der Waals surface area (Å²) in [6.45, 7) is 8.04. The smallest absolute Gasteiger partial charge is 0.262 e. The van der Waals surface area contributed by atoms with E-state index in [1.165, 1.54) is 0 Å². The number of nitrogens with one attached hydrogen (secondary N) is 1. The third-order valence-electron chi connectivity index (χ3n) is 5.39. The standard InChI is InChI=1S/C21H25ClN4O/c1-21(2)23-19-17(20(27)26(21)16-9-7-15(22)8-10-16)5-4-6-18(19)25-13-11-24(3)12-14-25/h4-10,23H,11-14H2,1-3H3. The SMILES string of the molecule is CN1CCN(c2cccc3c2NC(C)(C)N(c2ccc(Cl)cc2)C3=O)CC1. The van der Waals surface area contributed by atoms with E-state index in [1.807, 2.05) is 50.2 Å². The third kappa shape index (κ3) is 3.26. The minimum atomic E-state index is -0.555. The Hall–Kier alpha value is -2.24. The molecule has 0 atom stereocenters. The molecule has 0 unspecified atom stereocenters. The second-order valence-corrected chi connectivity index (χ2v) is 8.23. The molecule has 142 valence electrons. The van der Waals surface area contributed by atoms with Gasteiger partial charge in [0, 0.05) is 36.9 Å². The van der Waals surface area contributed by atoms with Crippen LogP contribution in [0.25, 0.3) is 0 Å². The fourth-order valence-electron chi connectivity index (χ4n) is 3.93. The lowest BCUT2D eigenvalue weighted by molar-refractivity contribution is 0.0961. The maximum atomic E-state index is 13.4. The molecule has 27 heavy (non-hydrogen) atoms. The number of halogens is 1. The van der Waals surface area contributed by atoms with Crippen LogP contribution in [0.5, 0.6) is 0 Å². The lowest BCUT2D eigenvalue weighted by Gasteiger charge is -2.46. The summed E-state index contributed by atoms with van der Waals surface area (Å²) in [5.74, 6) is 0.00653. The van der Waals surface area contributed by atoms with Gasteiger partial charge in [-0.15, -0.1) is 0 Å². The third-order valence-corrected chi connectivity index (χ3v) is 5.65. The zero-order chi connectivity index (χ0) is 19.2. The monoisotopic (exact) mass is 384 g/mol. The van der Waals surface area contributed by atoms with Crippen LogP contribution in [0, 0.1) is 0 Å². The van der Waals surface area contributed by atoms with Crippen molar-refractivity contribution in [2.24, 2.45) is 0 Å². The minimum Gasteiger partial charge on any atom is -0.367 e.